The monoisotopic (exact) mass is 264 g/mol. The second-order valence-corrected chi connectivity index (χ2v) is 5.21. The van der Waals surface area contributed by atoms with E-state index in [2.05, 4.69) is 51.1 Å². The van der Waals surface area contributed by atoms with Gasteiger partial charge in [-0.15, -0.1) is 0 Å². The van der Waals surface area contributed by atoms with E-state index < -0.39 is 0 Å². The van der Waals surface area contributed by atoms with Crippen molar-refractivity contribution in [1.29, 1.82) is 0 Å². The average molecular weight is 264 g/mol. The molecule has 100 valence electrons. The van der Waals surface area contributed by atoms with Gasteiger partial charge in [-0.1, -0.05) is 29.8 Å². The summed E-state index contributed by atoms with van der Waals surface area (Å²) in [6.07, 6.45) is 1.95. The number of hydrogen-bond donors (Lipinski definition) is 0. The summed E-state index contributed by atoms with van der Waals surface area (Å²) in [4.78, 5) is 6.12. The summed E-state index contributed by atoms with van der Waals surface area (Å²) in [7, 11) is 0. The number of pyridine rings is 1. The third-order valence-corrected chi connectivity index (χ3v) is 3.47. The zero-order valence-corrected chi connectivity index (χ0v) is 12.1. The summed E-state index contributed by atoms with van der Waals surface area (Å²) in [5, 5.41) is 1.16. The highest BCUT2D eigenvalue weighted by molar-refractivity contribution is 5.74. The van der Waals surface area contributed by atoms with Gasteiger partial charge >= 0.3 is 0 Å². The quantitative estimate of drug-likeness (QED) is 0.640. The molecule has 3 rings (SSSR count). The molecule has 0 aliphatic heterocycles. The first-order valence-corrected chi connectivity index (χ1v) is 6.81. The number of rotatable bonds is 2. The molecule has 0 amide bonds. The van der Waals surface area contributed by atoms with Crippen LogP contribution in [-0.4, -0.2) is 0 Å². The molecule has 1 heterocycles. The molecule has 2 heteroatoms. The van der Waals surface area contributed by atoms with Gasteiger partial charge in [0.1, 0.15) is 0 Å². The lowest BCUT2D eigenvalue weighted by Gasteiger charge is -2.08. The summed E-state index contributed by atoms with van der Waals surface area (Å²) in [5.41, 5.74) is 4.63. The van der Waals surface area contributed by atoms with Crippen LogP contribution in [0.4, 0.5) is 0 Å². The Morgan fingerprint density at radius 2 is 1.50 bits per heavy atom. The van der Waals surface area contributed by atoms with Crippen LogP contribution in [0.25, 0.3) is 10.9 Å². The summed E-state index contributed by atoms with van der Waals surface area (Å²) in [5.74, 6) is 0.928. The van der Waals surface area contributed by atoms with Gasteiger partial charge in [-0.25, -0.2) is 4.84 Å². The van der Waals surface area contributed by atoms with Gasteiger partial charge in [0.15, 0.2) is 0 Å². The van der Waals surface area contributed by atoms with Crippen molar-refractivity contribution in [3.8, 4) is 5.75 Å². The third kappa shape index (κ3) is 2.25. The number of hydrogen-bond acceptors (Lipinski definition) is 1. The van der Waals surface area contributed by atoms with E-state index in [9.17, 15) is 0 Å². The van der Waals surface area contributed by atoms with Crippen molar-refractivity contribution in [2.24, 2.45) is 0 Å². The van der Waals surface area contributed by atoms with Crippen molar-refractivity contribution in [1.82, 2.24) is 0 Å². The maximum Gasteiger partial charge on any atom is 0.265 e. The Bertz CT molecular complexity index is 749. The van der Waals surface area contributed by atoms with Gasteiger partial charge in [-0.3, -0.25) is 0 Å². The van der Waals surface area contributed by atoms with Gasteiger partial charge in [0.05, 0.1) is 5.39 Å². The van der Waals surface area contributed by atoms with Crippen molar-refractivity contribution in [3.05, 3.63) is 71.4 Å². The second-order valence-electron chi connectivity index (χ2n) is 5.21. The molecular formula is C18H18NO+. The molecule has 0 aliphatic carbocycles. The van der Waals surface area contributed by atoms with Crippen molar-refractivity contribution >= 4 is 10.9 Å². The smallest absolute Gasteiger partial charge is 0.230 e. The van der Waals surface area contributed by atoms with E-state index in [1.807, 2.05) is 29.1 Å². The molecule has 0 fully saturated rings. The molecule has 0 saturated heterocycles. The lowest BCUT2D eigenvalue weighted by Crippen LogP contribution is -2.40. The Morgan fingerprint density at radius 1 is 0.850 bits per heavy atom. The summed E-state index contributed by atoms with van der Waals surface area (Å²) >= 11 is 0. The zero-order valence-electron chi connectivity index (χ0n) is 12.1. The molecule has 0 saturated carbocycles. The first-order valence-electron chi connectivity index (χ1n) is 6.81. The maximum atomic E-state index is 6.12. The molecule has 3 aromatic rings. The Morgan fingerprint density at radius 3 is 2.25 bits per heavy atom. The normalized spacial score (nSPS) is 10.8. The van der Waals surface area contributed by atoms with E-state index in [1.54, 1.807) is 0 Å². The SMILES string of the molecule is Cc1cc(C)c(O[n+]2cccc3ccccc32)c(C)c1. The third-order valence-electron chi connectivity index (χ3n) is 3.47. The molecular weight excluding hydrogens is 246 g/mol. The van der Waals surface area contributed by atoms with Crippen LogP contribution in [0.1, 0.15) is 16.7 Å². The molecule has 0 N–H and O–H groups in total. The highest BCUT2D eigenvalue weighted by Crippen LogP contribution is 2.24. The van der Waals surface area contributed by atoms with Crippen LogP contribution in [0.5, 0.6) is 5.75 Å². The number of para-hydroxylation sites is 1. The van der Waals surface area contributed by atoms with E-state index in [0.29, 0.717) is 0 Å². The minimum absolute atomic E-state index is 0.928. The van der Waals surface area contributed by atoms with Gasteiger partial charge in [-0.2, -0.15) is 0 Å². The molecule has 2 aromatic carbocycles. The largest absolute Gasteiger partial charge is 0.265 e. The predicted octanol–water partition coefficient (Wildman–Crippen LogP) is 3.89. The van der Waals surface area contributed by atoms with E-state index >= 15 is 0 Å². The van der Waals surface area contributed by atoms with E-state index in [1.165, 1.54) is 5.56 Å². The van der Waals surface area contributed by atoms with Gasteiger partial charge in [-0.05, 0) is 44.0 Å². The Hall–Kier alpha value is -2.35. The molecule has 0 bridgehead atoms. The molecule has 2 nitrogen and oxygen atoms in total. The topological polar surface area (TPSA) is 13.1 Å². The Kier molecular flexibility index (Phi) is 3.15. The molecule has 0 radical (unpaired) electrons. The van der Waals surface area contributed by atoms with Crippen LogP contribution in [0.15, 0.2) is 54.7 Å². The Labute approximate surface area is 119 Å². The Balaban J connectivity index is 2.10. The second kappa shape index (κ2) is 4.97. The van der Waals surface area contributed by atoms with Crippen LogP contribution in [-0.2, 0) is 0 Å². The van der Waals surface area contributed by atoms with Crippen LogP contribution in [0.3, 0.4) is 0 Å². The highest BCUT2D eigenvalue weighted by atomic mass is 16.7. The van der Waals surface area contributed by atoms with E-state index in [0.717, 1.165) is 27.8 Å². The molecule has 0 atom stereocenters. The number of benzene rings is 2. The highest BCUT2D eigenvalue weighted by Gasteiger charge is 2.14. The van der Waals surface area contributed by atoms with Crippen molar-refractivity contribution < 1.29 is 9.57 Å². The van der Waals surface area contributed by atoms with Gasteiger partial charge in [0.25, 0.3) is 5.52 Å². The van der Waals surface area contributed by atoms with Crippen molar-refractivity contribution in [2.45, 2.75) is 20.8 Å². The van der Waals surface area contributed by atoms with Crippen LogP contribution in [0, 0.1) is 20.8 Å². The lowest BCUT2D eigenvalue weighted by molar-refractivity contribution is -0.854. The van der Waals surface area contributed by atoms with Gasteiger partial charge in [0.2, 0.25) is 11.9 Å². The van der Waals surface area contributed by atoms with Gasteiger partial charge < -0.3 is 0 Å². The van der Waals surface area contributed by atoms with Crippen molar-refractivity contribution in [3.63, 3.8) is 0 Å². The summed E-state index contributed by atoms with van der Waals surface area (Å²) in [6, 6.07) is 16.6. The number of aryl methyl sites for hydroxylation is 3. The minimum atomic E-state index is 0.928. The fraction of sp³-hybridized carbons (Fsp3) is 0.167. The first kappa shape index (κ1) is 12.7. The number of nitrogens with zero attached hydrogens (tertiary/aromatic N) is 1. The molecule has 20 heavy (non-hydrogen) atoms. The van der Waals surface area contributed by atoms with Gasteiger partial charge in [0, 0.05) is 16.9 Å². The number of fused-ring (bicyclic) bond motifs is 1. The van der Waals surface area contributed by atoms with Crippen LogP contribution >= 0.6 is 0 Å². The average Bonchev–Trinajstić information content (AvgIpc) is 2.43. The maximum absolute atomic E-state index is 6.12. The minimum Gasteiger partial charge on any atom is -0.230 e. The molecule has 0 spiro atoms. The fourth-order valence-electron chi connectivity index (χ4n) is 2.62. The number of aromatic nitrogens is 1. The lowest BCUT2D eigenvalue weighted by atomic mass is 10.1. The predicted molar refractivity (Wildman–Crippen MR) is 80.8 cm³/mol. The van der Waals surface area contributed by atoms with Crippen LogP contribution < -0.4 is 9.57 Å². The first-order chi connectivity index (χ1) is 9.65. The summed E-state index contributed by atoms with van der Waals surface area (Å²) < 4.78 is 1.83. The fourth-order valence-corrected chi connectivity index (χ4v) is 2.62. The standard InChI is InChI=1S/C18H18NO/c1-13-11-14(2)18(15(3)12-13)20-19-10-6-8-16-7-4-5-9-17(16)19/h4-12H,1-3H3/q+1. The van der Waals surface area contributed by atoms with Crippen molar-refractivity contribution in [2.75, 3.05) is 0 Å². The van der Waals surface area contributed by atoms with E-state index in [-0.39, 0.29) is 0 Å². The molecule has 1 aromatic heterocycles. The summed E-state index contributed by atoms with van der Waals surface area (Å²) in [6.45, 7) is 6.27. The molecule has 0 aliphatic rings. The van der Waals surface area contributed by atoms with E-state index in [4.69, 9.17) is 4.84 Å². The molecule has 0 unspecified atom stereocenters. The zero-order chi connectivity index (χ0) is 14.1. The van der Waals surface area contributed by atoms with Crippen LogP contribution in [0.2, 0.25) is 0 Å².